The van der Waals surface area contributed by atoms with Gasteiger partial charge in [-0.2, -0.15) is 0 Å². The number of nitrogens with two attached hydrogens (primary N) is 1. The number of primary amides is 1. The highest BCUT2D eigenvalue weighted by Gasteiger charge is 2.10. The van der Waals surface area contributed by atoms with Crippen LogP contribution in [0.4, 0.5) is 0 Å². The highest BCUT2D eigenvalue weighted by molar-refractivity contribution is 5.98. The zero-order chi connectivity index (χ0) is 12.3. The molecule has 86 valence electrons. The third-order valence-corrected chi connectivity index (χ3v) is 1.88. The van der Waals surface area contributed by atoms with Gasteiger partial charge in [0, 0.05) is 0 Å². The number of pyridine rings is 1. The molecule has 1 amide bonds. The second-order valence-corrected chi connectivity index (χ2v) is 4.64. The molecule has 0 fully saturated rings. The summed E-state index contributed by atoms with van der Waals surface area (Å²) in [6, 6.07) is 5.16. The van der Waals surface area contributed by atoms with E-state index in [4.69, 9.17) is 5.73 Å². The number of rotatable bonds is 2. The fourth-order valence-corrected chi connectivity index (χ4v) is 1.33. The van der Waals surface area contributed by atoms with Crippen LogP contribution in [0.5, 0.6) is 0 Å². The van der Waals surface area contributed by atoms with E-state index in [1.165, 1.54) is 0 Å². The molecule has 0 saturated carbocycles. The summed E-state index contributed by atoms with van der Waals surface area (Å²) >= 11 is 0. The monoisotopic (exact) mass is 219 g/mol. The first-order chi connectivity index (χ1) is 7.29. The summed E-state index contributed by atoms with van der Waals surface area (Å²) in [5, 5.41) is 0. The SMILES string of the molecule is CC(=NC(C)(C)C)c1cccc(C(N)=O)n1. The summed E-state index contributed by atoms with van der Waals surface area (Å²) in [5.41, 5.74) is 6.76. The molecule has 16 heavy (non-hydrogen) atoms. The van der Waals surface area contributed by atoms with E-state index < -0.39 is 5.91 Å². The zero-order valence-electron chi connectivity index (χ0n) is 10.1. The maximum absolute atomic E-state index is 11.0. The molecule has 1 heterocycles. The van der Waals surface area contributed by atoms with E-state index in [2.05, 4.69) is 9.98 Å². The Morgan fingerprint density at radius 1 is 1.31 bits per heavy atom. The Bertz CT molecular complexity index is 430. The fraction of sp³-hybridized carbons (Fsp3) is 0.417. The lowest BCUT2D eigenvalue weighted by Crippen LogP contribution is -2.17. The Labute approximate surface area is 95.6 Å². The summed E-state index contributed by atoms with van der Waals surface area (Å²) < 4.78 is 0. The summed E-state index contributed by atoms with van der Waals surface area (Å²) in [6.45, 7) is 7.90. The van der Waals surface area contributed by atoms with Gasteiger partial charge in [-0.3, -0.25) is 9.79 Å². The number of aromatic nitrogens is 1. The first-order valence-electron chi connectivity index (χ1n) is 5.13. The number of hydrogen-bond acceptors (Lipinski definition) is 3. The van der Waals surface area contributed by atoms with E-state index in [0.717, 1.165) is 5.71 Å². The average Bonchev–Trinajstić information content (AvgIpc) is 2.15. The normalized spacial score (nSPS) is 12.6. The second kappa shape index (κ2) is 4.43. The second-order valence-electron chi connectivity index (χ2n) is 4.64. The van der Waals surface area contributed by atoms with E-state index in [-0.39, 0.29) is 11.2 Å². The molecule has 0 atom stereocenters. The largest absolute Gasteiger partial charge is 0.364 e. The van der Waals surface area contributed by atoms with Crippen molar-refractivity contribution in [2.24, 2.45) is 10.7 Å². The lowest BCUT2D eigenvalue weighted by molar-refractivity contribution is 0.0995. The molecule has 0 spiro atoms. The van der Waals surface area contributed by atoms with Gasteiger partial charge in [-0.15, -0.1) is 0 Å². The van der Waals surface area contributed by atoms with Gasteiger partial charge in [-0.25, -0.2) is 4.98 Å². The molecule has 0 aliphatic carbocycles. The van der Waals surface area contributed by atoms with Crippen LogP contribution >= 0.6 is 0 Å². The number of aliphatic imine (C=N–C) groups is 1. The van der Waals surface area contributed by atoms with Crippen molar-refractivity contribution in [2.45, 2.75) is 33.2 Å². The molecule has 1 aromatic rings. The third kappa shape index (κ3) is 3.46. The van der Waals surface area contributed by atoms with Crippen LogP contribution in [-0.4, -0.2) is 22.1 Å². The Morgan fingerprint density at radius 3 is 2.38 bits per heavy atom. The minimum absolute atomic E-state index is 0.158. The fourth-order valence-electron chi connectivity index (χ4n) is 1.33. The van der Waals surface area contributed by atoms with Gasteiger partial charge in [0.25, 0.3) is 5.91 Å². The molecule has 4 heteroatoms. The molecule has 0 bridgehead atoms. The first-order valence-corrected chi connectivity index (χ1v) is 5.13. The van der Waals surface area contributed by atoms with E-state index >= 15 is 0 Å². The predicted molar refractivity (Wildman–Crippen MR) is 64.7 cm³/mol. The molecule has 0 unspecified atom stereocenters. The minimum Gasteiger partial charge on any atom is -0.364 e. The molecule has 0 aliphatic heterocycles. The molecular weight excluding hydrogens is 202 g/mol. The van der Waals surface area contributed by atoms with Crippen LogP contribution in [-0.2, 0) is 0 Å². The molecule has 1 rings (SSSR count). The van der Waals surface area contributed by atoms with Gasteiger partial charge in [0.2, 0.25) is 0 Å². The lowest BCUT2D eigenvalue weighted by atomic mass is 10.1. The highest BCUT2D eigenvalue weighted by atomic mass is 16.1. The van der Waals surface area contributed by atoms with E-state index in [1.807, 2.05) is 33.8 Å². The standard InChI is InChI=1S/C12H17N3O/c1-8(15-12(2,3)4)9-6-5-7-10(14-9)11(13)16/h5-7H,1-4H3,(H2,13,16). The molecule has 0 radical (unpaired) electrons. The summed E-state index contributed by atoms with van der Waals surface area (Å²) in [4.78, 5) is 19.6. The van der Waals surface area contributed by atoms with Crippen LogP contribution in [0.15, 0.2) is 23.2 Å². The van der Waals surface area contributed by atoms with Gasteiger partial charge in [0.05, 0.1) is 16.9 Å². The number of nitrogens with zero attached hydrogens (tertiary/aromatic N) is 2. The van der Waals surface area contributed by atoms with Gasteiger partial charge < -0.3 is 5.73 Å². The van der Waals surface area contributed by atoms with Gasteiger partial charge in [-0.05, 0) is 39.8 Å². The number of carbonyl (C=O) groups excluding carboxylic acids is 1. The summed E-state index contributed by atoms with van der Waals surface area (Å²) in [6.07, 6.45) is 0. The number of hydrogen-bond donors (Lipinski definition) is 1. The van der Waals surface area contributed by atoms with Crippen molar-refractivity contribution in [2.75, 3.05) is 0 Å². The highest BCUT2D eigenvalue weighted by Crippen LogP contribution is 2.10. The molecule has 4 nitrogen and oxygen atoms in total. The predicted octanol–water partition coefficient (Wildman–Crippen LogP) is 1.79. The lowest BCUT2D eigenvalue weighted by Gasteiger charge is -2.13. The maximum Gasteiger partial charge on any atom is 0.267 e. The molecule has 2 N–H and O–H groups in total. The summed E-state index contributed by atoms with van der Waals surface area (Å²) in [5.74, 6) is -0.523. The van der Waals surface area contributed by atoms with Gasteiger partial charge in [0.1, 0.15) is 5.69 Å². The Balaban J connectivity index is 3.10. The van der Waals surface area contributed by atoms with Crippen molar-refractivity contribution < 1.29 is 4.79 Å². The Morgan fingerprint density at radius 2 is 1.88 bits per heavy atom. The molecule has 1 aromatic heterocycles. The van der Waals surface area contributed by atoms with Gasteiger partial charge >= 0.3 is 0 Å². The quantitative estimate of drug-likeness (QED) is 0.770. The first kappa shape index (κ1) is 12.4. The Kier molecular flexibility index (Phi) is 3.42. The number of carbonyl (C=O) groups is 1. The molecule has 0 aliphatic rings. The van der Waals surface area contributed by atoms with Crippen LogP contribution in [0.2, 0.25) is 0 Å². The van der Waals surface area contributed by atoms with Crippen molar-refractivity contribution in [3.8, 4) is 0 Å². The zero-order valence-corrected chi connectivity index (χ0v) is 10.1. The number of amides is 1. The maximum atomic E-state index is 11.0. The van der Waals surface area contributed by atoms with Crippen LogP contribution in [0.3, 0.4) is 0 Å². The van der Waals surface area contributed by atoms with Crippen molar-refractivity contribution in [1.82, 2.24) is 4.98 Å². The van der Waals surface area contributed by atoms with Crippen molar-refractivity contribution in [1.29, 1.82) is 0 Å². The van der Waals surface area contributed by atoms with Gasteiger partial charge in [-0.1, -0.05) is 6.07 Å². The van der Waals surface area contributed by atoms with Crippen LogP contribution in [0.25, 0.3) is 0 Å². The smallest absolute Gasteiger partial charge is 0.267 e. The molecule has 0 aromatic carbocycles. The molecular formula is C12H17N3O. The summed E-state index contributed by atoms with van der Waals surface area (Å²) in [7, 11) is 0. The van der Waals surface area contributed by atoms with Crippen molar-refractivity contribution >= 4 is 11.6 Å². The topological polar surface area (TPSA) is 68.3 Å². The minimum atomic E-state index is -0.523. The van der Waals surface area contributed by atoms with E-state index in [1.54, 1.807) is 12.1 Å². The van der Waals surface area contributed by atoms with E-state index in [9.17, 15) is 4.79 Å². The van der Waals surface area contributed by atoms with E-state index in [0.29, 0.717) is 5.69 Å². The Hall–Kier alpha value is -1.71. The van der Waals surface area contributed by atoms with Crippen molar-refractivity contribution in [3.05, 3.63) is 29.6 Å². The molecule has 0 saturated heterocycles. The van der Waals surface area contributed by atoms with Crippen LogP contribution < -0.4 is 5.73 Å². The van der Waals surface area contributed by atoms with Gasteiger partial charge in [0.15, 0.2) is 0 Å². The van der Waals surface area contributed by atoms with Crippen molar-refractivity contribution in [3.63, 3.8) is 0 Å². The van der Waals surface area contributed by atoms with Crippen LogP contribution in [0.1, 0.15) is 43.9 Å². The average molecular weight is 219 g/mol. The van der Waals surface area contributed by atoms with Crippen LogP contribution in [0, 0.1) is 0 Å². The third-order valence-electron chi connectivity index (χ3n) is 1.88.